The fourth-order valence-corrected chi connectivity index (χ4v) is 2.04. The van der Waals surface area contributed by atoms with E-state index in [0.717, 1.165) is 12.4 Å². The van der Waals surface area contributed by atoms with Crippen molar-refractivity contribution in [2.75, 3.05) is 6.61 Å². The van der Waals surface area contributed by atoms with Crippen molar-refractivity contribution in [2.45, 2.75) is 32.1 Å². The summed E-state index contributed by atoms with van der Waals surface area (Å²) in [6.45, 7) is 3.14. The molecule has 1 heterocycles. The van der Waals surface area contributed by atoms with Crippen LogP contribution in [0.3, 0.4) is 0 Å². The first kappa shape index (κ1) is 8.61. The van der Waals surface area contributed by atoms with Crippen LogP contribution in [0.5, 0.6) is 5.75 Å². The van der Waals surface area contributed by atoms with Crippen molar-refractivity contribution in [2.24, 2.45) is 0 Å². The quantitative estimate of drug-likeness (QED) is 0.637. The van der Waals surface area contributed by atoms with Gasteiger partial charge in [-0.25, -0.2) is 0 Å². The minimum atomic E-state index is 0.707. The van der Waals surface area contributed by atoms with Crippen LogP contribution in [0.2, 0.25) is 0 Å². The summed E-state index contributed by atoms with van der Waals surface area (Å²) in [7, 11) is 0. The zero-order chi connectivity index (χ0) is 9.10. The predicted octanol–water partition coefficient (Wildman–Crippen LogP) is 3.35. The molecule has 1 nitrogen and oxygen atoms in total. The summed E-state index contributed by atoms with van der Waals surface area (Å²) in [6.07, 6.45) is 3.68. The van der Waals surface area contributed by atoms with E-state index in [9.17, 15) is 0 Å². The Hall–Kier alpha value is -0.980. The lowest BCUT2D eigenvalue weighted by molar-refractivity contribution is 0.316. The van der Waals surface area contributed by atoms with Crippen molar-refractivity contribution in [1.29, 1.82) is 0 Å². The van der Waals surface area contributed by atoms with Crippen molar-refractivity contribution >= 4 is 0 Å². The molecule has 0 saturated carbocycles. The molecule has 0 N–H and O–H groups in total. The van der Waals surface area contributed by atoms with Gasteiger partial charge in [0.1, 0.15) is 5.75 Å². The molecule has 1 aliphatic rings. The normalized spacial score (nSPS) is 21.5. The molecule has 1 atom stereocenters. The molecule has 70 valence electrons. The second-order valence-electron chi connectivity index (χ2n) is 3.63. The van der Waals surface area contributed by atoms with E-state index in [0.29, 0.717) is 5.92 Å². The molecule has 1 heteroatoms. The van der Waals surface area contributed by atoms with Gasteiger partial charge >= 0.3 is 0 Å². The van der Waals surface area contributed by atoms with Crippen LogP contribution >= 0.6 is 0 Å². The summed E-state index contributed by atoms with van der Waals surface area (Å²) < 4.78 is 5.68. The van der Waals surface area contributed by atoms with Crippen LogP contribution in [-0.4, -0.2) is 6.61 Å². The third kappa shape index (κ3) is 1.69. The number of ether oxygens (including phenoxy) is 1. The lowest BCUT2D eigenvalue weighted by Crippen LogP contribution is -1.95. The van der Waals surface area contributed by atoms with Gasteiger partial charge in [0, 0.05) is 0 Å². The average Bonchev–Trinajstić information content (AvgIpc) is 2.39. The maximum atomic E-state index is 5.68. The van der Waals surface area contributed by atoms with Gasteiger partial charge in [-0.2, -0.15) is 0 Å². The van der Waals surface area contributed by atoms with E-state index in [4.69, 9.17) is 4.74 Å². The molecule has 0 aromatic heterocycles. The van der Waals surface area contributed by atoms with Crippen molar-refractivity contribution in [1.82, 2.24) is 0 Å². The molecule has 0 bridgehead atoms. The minimum absolute atomic E-state index is 0.707. The first-order valence-electron chi connectivity index (χ1n) is 5.13. The average molecular weight is 176 g/mol. The molecule has 1 aromatic rings. The molecule has 0 amide bonds. The maximum Gasteiger partial charge on any atom is 0.122 e. The highest BCUT2D eigenvalue weighted by Gasteiger charge is 2.16. The highest BCUT2D eigenvalue weighted by atomic mass is 16.5. The second-order valence-corrected chi connectivity index (χ2v) is 3.63. The fourth-order valence-electron chi connectivity index (χ4n) is 2.04. The number of para-hydroxylation sites is 1. The first-order valence-corrected chi connectivity index (χ1v) is 5.13. The monoisotopic (exact) mass is 176 g/mol. The smallest absolute Gasteiger partial charge is 0.122 e. The number of hydrogen-bond donors (Lipinski definition) is 0. The molecule has 0 saturated heterocycles. The molecule has 0 radical (unpaired) electrons. The van der Waals surface area contributed by atoms with E-state index in [1.807, 2.05) is 0 Å². The Morgan fingerprint density at radius 3 is 3.08 bits per heavy atom. The van der Waals surface area contributed by atoms with Gasteiger partial charge < -0.3 is 4.74 Å². The minimum Gasteiger partial charge on any atom is -0.493 e. The second kappa shape index (κ2) is 3.82. The van der Waals surface area contributed by atoms with Gasteiger partial charge in [0.05, 0.1) is 6.61 Å². The van der Waals surface area contributed by atoms with E-state index < -0.39 is 0 Å². The first-order chi connectivity index (χ1) is 6.42. The zero-order valence-electron chi connectivity index (χ0n) is 8.12. The van der Waals surface area contributed by atoms with Gasteiger partial charge in [-0.3, -0.25) is 0 Å². The van der Waals surface area contributed by atoms with Gasteiger partial charge in [-0.1, -0.05) is 25.1 Å². The molecular weight excluding hydrogens is 160 g/mol. The number of fused-ring (bicyclic) bond motifs is 1. The van der Waals surface area contributed by atoms with E-state index in [1.54, 1.807) is 0 Å². The van der Waals surface area contributed by atoms with Crippen molar-refractivity contribution < 1.29 is 4.74 Å². The van der Waals surface area contributed by atoms with Crippen LogP contribution < -0.4 is 4.74 Å². The molecular formula is C12H16O. The Morgan fingerprint density at radius 2 is 2.23 bits per heavy atom. The third-order valence-electron chi connectivity index (χ3n) is 2.81. The summed E-state index contributed by atoms with van der Waals surface area (Å²) in [5.74, 6) is 1.81. The highest BCUT2D eigenvalue weighted by molar-refractivity contribution is 5.36. The molecule has 0 aliphatic carbocycles. The number of benzene rings is 1. The highest BCUT2D eigenvalue weighted by Crippen LogP contribution is 2.34. The Morgan fingerprint density at radius 1 is 1.38 bits per heavy atom. The lowest BCUT2D eigenvalue weighted by Gasteiger charge is -2.13. The van der Waals surface area contributed by atoms with E-state index in [-0.39, 0.29) is 0 Å². The van der Waals surface area contributed by atoms with Crippen molar-refractivity contribution in [3.8, 4) is 5.75 Å². The van der Waals surface area contributed by atoms with Gasteiger partial charge in [0.25, 0.3) is 0 Å². The Kier molecular flexibility index (Phi) is 2.53. The van der Waals surface area contributed by atoms with E-state index in [1.165, 1.54) is 24.8 Å². The topological polar surface area (TPSA) is 9.23 Å². The largest absolute Gasteiger partial charge is 0.493 e. The van der Waals surface area contributed by atoms with Crippen LogP contribution in [0, 0.1) is 0 Å². The van der Waals surface area contributed by atoms with Gasteiger partial charge in [0.2, 0.25) is 0 Å². The van der Waals surface area contributed by atoms with Gasteiger partial charge in [-0.15, -0.1) is 0 Å². The lowest BCUT2D eigenvalue weighted by atomic mass is 9.92. The molecule has 2 rings (SSSR count). The van der Waals surface area contributed by atoms with Crippen LogP contribution in [0.25, 0.3) is 0 Å². The van der Waals surface area contributed by atoms with Crippen LogP contribution in [0.4, 0.5) is 0 Å². The summed E-state index contributed by atoms with van der Waals surface area (Å²) in [6, 6.07) is 8.45. The molecule has 1 unspecified atom stereocenters. The summed E-state index contributed by atoms with van der Waals surface area (Å²) in [5.41, 5.74) is 1.41. The number of rotatable bonds is 1. The zero-order valence-corrected chi connectivity index (χ0v) is 8.12. The summed E-state index contributed by atoms with van der Waals surface area (Å²) >= 11 is 0. The fraction of sp³-hybridized carbons (Fsp3) is 0.500. The molecule has 0 fully saturated rings. The van der Waals surface area contributed by atoms with Crippen LogP contribution in [0.15, 0.2) is 24.3 Å². The van der Waals surface area contributed by atoms with E-state index in [2.05, 4.69) is 31.2 Å². The van der Waals surface area contributed by atoms with Gasteiger partial charge in [0.15, 0.2) is 0 Å². The SMILES string of the molecule is CCC1CCCOc2ccccc21. The predicted molar refractivity (Wildman–Crippen MR) is 54.2 cm³/mol. The summed E-state index contributed by atoms with van der Waals surface area (Å²) in [4.78, 5) is 0. The maximum absolute atomic E-state index is 5.68. The van der Waals surface area contributed by atoms with Crippen LogP contribution in [-0.2, 0) is 0 Å². The Bertz CT molecular complexity index is 280. The Labute approximate surface area is 79.7 Å². The van der Waals surface area contributed by atoms with Crippen molar-refractivity contribution in [3.05, 3.63) is 29.8 Å². The molecule has 1 aliphatic heterocycles. The number of hydrogen-bond acceptors (Lipinski definition) is 1. The van der Waals surface area contributed by atoms with Crippen molar-refractivity contribution in [3.63, 3.8) is 0 Å². The molecule has 13 heavy (non-hydrogen) atoms. The molecule has 0 spiro atoms. The summed E-state index contributed by atoms with van der Waals surface area (Å²) in [5, 5.41) is 0. The van der Waals surface area contributed by atoms with E-state index >= 15 is 0 Å². The van der Waals surface area contributed by atoms with Crippen LogP contribution in [0.1, 0.15) is 37.7 Å². The standard InChI is InChI=1S/C12H16O/c1-2-10-6-5-9-13-12-8-4-3-7-11(10)12/h3-4,7-8,10H,2,5-6,9H2,1H3. The molecule has 1 aromatic carbocycles. The third-order valence-corrected chi connectivity index (χ3v) is 2.81. The Balaban J connectivity index is 2.35. The van der Waals surface area contributed by atoms with Gasteiger partial charge in [-0.05, 0) is 36.8 Å².